The molecule has 1 nitrogen and oxygen atoms in total. The molecule has 0 unspecified atom stereocenters. The Kier molecular flexibility index (Phi) is 4.57. The molecule has 6 heteroatoms. The fourth-order valence-electron chi connectivity index (χ4n) is 0.175. The third kappa shape index (κ3) is 11.3. The Labute approximate surface area is 47.8 Å². The Morgan fingerprint density at radius 2 is 1.44 bits per heavy atom. The smallest absolute Gasteiger partial charge is 0.394 e. The van der Waals surface area contributed by atoms with Gasteiger partial charge in [-0.05, 0) is 0 Å². The van der Waals surface area contributed by atoms with Gasteiger partial charge in [0.15, 0.2) is 0 Å². The number of hydrogen-bond donors (Lipinski definition) is 0. The summed E-state index contributed by atoms with van der Waals surface area (Å²) in [5, 5.41) is 0. The van der Waals surface area contributed by atoms with E-state index in [0.29, 0.717) is 0 Å². The number of rotatable bonds is 1. The molecular weight excluding hydrogens is 147 g/mol. The summed E-state index contributed by atoms with van der Waals surface area (Å²) in [6.45, 7) is 0. The Balaban J connectivity index is 0. The molecule has 0 aliphatic rings. The molecule has 0 saturated carbocycles. The zero-order valence-corrected chi connectivity index (χ0v) is 4.17. The average Bonchev–Trinajstić information content (AvgIpc) is 1.21. The number of hydrogen-bond acceptors (Lipinski definition) is 0. The summed E-state index contributed by atoms with van der Waals surface area (Å²) in [5.74, 6) is 0. The van der Waals surface area contributed by atoms with E-state index in [0.717, 1.165) is 0 Å². The third-order valence-corrected chi connectivity index (χ3v) is 0.386. The van der Waals surface area contributed by atoms with Crippen LogP contribution in [0.2, 0.25) is 0 Å². The van der Waals surface area contributed by atoms with E-state index < -0.39 is 19.0 Å². The summed E-state index contributed by atoms with van der Waals surface area (Å²) in [5.41, 5.74) is 0. The van der Waals surface area contributed by atoms with Crippen LogP contribution >= 0.6 is 0 Å². The highest BCUT2D eigenvalue weighted by Crippen LogP contribution is 2.22. The summed E-state index contributed by atoms with van der Waals surface area (Å²) in [4.78, 5) is 0. The molecule has 0 aliphatic carbocycles. The first kappa shape index (κ1) is 11.4. The summed E-state index contributed by atoms with van der Waals surface area (Å²) in [7, 11) is 0. The number of halogens is 5. The van der Waals surface area contributed by atoms with Crippen molar-refractivity contribution in [1.82, 2.24) is 0 Å². The molecule has 0 aliphatic heterocycles. The minimum atomic E-state index is -4.73. The van der Waals surface area contributed by atoms with E-state index >= 15 is 0 Å². The van der Waals surface area contributed by atoms with Crippen LogP contribution in [-0.2, 0) is 0 Å². The van der Waals surface area contributed by atoms with E-state index in [1.54, 1.807) is 0 Å². The van der Waals surface area contributed by atoms with Gasteiger partial charge >= 0.3 is 6.18 Å². The summed E-state index contributed by atoms with van der Waals surface area (Å²) in [6.07, 6.45) is -10.0. The fraction of sp³-hybridized carbons (Fsp3) is 1.00. The lowest BCUT2D eigenvalue weighted by molar-refractivity contribution is -0.158. The maximum absolute atomic E-state index is 10.8. The van der Waals surface area contributed by atoms with Crippen molar-refractivity contribution in [2.24, 2.45) is 0 Å². The van der Waals surface area contributed by atoms with Crippen LogP contribution in [0.15, 0.2) is 0 Å². The SMILES string of the molecule is FC(F)CC(F)(F)F.O. The zero-order chi connectivity index (χ0) is 6.78. The van der Waals surface area contributed by atoms with E-state index in [2.05, 4.69) is 0 Å². The van der Waals surface area contributed by atoms with E-state index in [-0.39, 0.29) is 5.48 Å². The van der Waals surface area contributed by atoms with Gasteiger partial charge in [-0.25, -0.2) is 8.78 Å². The van der Waals surface area contributed by atoms with Crippen molar-refractivity contribution in [1.29, 1.82) is 0 Å². The molecule has 0 aromatic rings. The molecule has 0 heterocycles. The van der Waals surface area contributed by atoms with Gasteiger partial charge in [0.25, 0.3) is 0 Å². The van der Waals surface area contributed by atoms with Crippen molar-refractivity contribution in [3.8, 4) is 0 Å². The zero-order valence-electron chi connectivity index (χ0n) is 4.17. The van der Waals surface area contributed by atoms with Gasteiger partial charge in [-0.1, -0.05) is 0 Å². The number of alkyl halides is 5. The highest BCUT2D eigenvalue weighted by atomic mass is 19.4. The molecule has 9 heavy (non-hydrogen) atoms. The third-order valence-electron chi connectivity index (χ3n) is 0.386. The topological polar surface area (TPSA) is 31.5 Å². The van der Waals surface area contributed by atoms with Crippen molar-refractivity contribution >= 4 is 0 Å². The maximum Gasteiger partial charge on any atom is 0.394 e. The van der Waals surface area contributed by atoms with Crippen molar-refractivity contribution < 1.29 is 27.4 Å². The maximum atomic E-state index is 10.8. The van der Waals surface area contributed by atoms with Gasteiger partial charge in [-0.15, -0.1) is 0 Å². The first-order valence-corrected chi connectivity index (χ1v) is 1.77. The summed E-state index contributed by atoms with van der Waals surface area (Å²) < 4.78 is 54.1. The van der Waals surface area contributed by atoms with Crippen LogP contribution in [0.25, 0.3) is 0 Å². The summed E-state index contributed by atoms with van der Waals surface area (Å²) >= 11 is 0. The molecule has 0 amide bonds. The predicted molar refractivity (Wildman–Crippen MR) is 20.3 cm³/mol. The molecular formula is C3H5F5O. The second-order valence-corrected chi connectivity index (χ2v) is 1.21. The molecule has 0 saturated heterocycles. The van der Waals surface area contributed by atoms with E-state index in [9.17, 15) is 22.0 Å². The van der Waals surface area contributed by atoms with Gasteiger partial charge < -0.3 is 5.48 Å². The summed E-state index contributed by atoms with van der Waals surface area (Å²) in [6, 6.07) is 0. The molecule has 0 bridgehead atoms. The first-order valence-electron chi connectivity index (χ1n) is 1.77. The first-order chi connectivity index (χ1) is 3.42. The average molecular weight is 152 g/mol. The van der Waals surface area contributed by atoms with Crippen LogP contribution in [0.1, 0.15) is 6.42 Å². The van der Waals surface area contributed by atoms with Crippen molar-refractivity contribution in [2.75, 3.05) is 0 Å². The fourth-order valence-corrected chi connectivity index (χ4v) is 0.175. The quantitative estimate of drug-likeness (QED) is 0.508. The lowest BCUT2D eigenvalue weighted by Crippen LogP contribution is -2.12. The van der Waals surface area contributed by atoms with E-state index in [1.165, 1.54) is 0 Å². The van der Waals surface area contributed by atoms with E-state index in [4.69, 9.17) is 0 Å². The van der Waals surface area contributed by atoms with Crippen LogP contribution in [0.4, 0.5) is 22.0 Å². The standard InChI is InChI=1S/C3H3F5.H2O/c4-2(5)1-3(6,7)8;/h2H,1H2;1H2. The minimum Gasteiger partial charge on any atom is -0.412 e. The molecule has 0 rings (SSSR count). The molecule has 0 fully saturated rings. The van der Waals surface area contributed by atoms with Gasteiger partial charge in [0, 0.05) is 0 Å². The molecule has 58 valence electrons. The van der Waals surface area contributed by atoms with Gasteiger partial charge in [0.1, 0.15) is 6.42 Å². The monoisotopic (exact) mass is 152 g/mol. The Morgan fingerprint density at radius 1 is 1.11 bits per heavy atom. The molecule has 0 radical (unpaired) electrons. The van der Waals surface area contributed by atoms with Gasteiger partial charge in [0.2, 0.25) is 6.43 Å². The van der Waals surface area contributed by atoms with Gasteiger partial charge in [0.05, 0.1) is 0 Å². The molecule has 0 spiro atoms. The highest BCUT2D eigenvalue weighted by molar-refractivity contribution is 4.50. The van der Waals surface area contributed by atoms with Gasteiger partial charge in [-0.3, -0.25) is 0 Å². The van der Waals surface area contributed by atoms with Crippen molar-refractivity contribution in [2.45, 2.75) is 19.0 Å². The Hall–Kier alpha value is -0.390. The largest absolute Gasteiger partial charge is 0.412 e. The normalized spacial score (nSPS) is 11.3. The molecule has 0 aromatic heterocycles. The lowest BCUT2D eigenvalue weighted by atomic mass is 10.4. The van der Waals surface area contributed by atoms with Crippen molar-refractivity contribution in [3.05, 3.63) is 0 Å². The molecule has 0 aromatic carbocycles. The van der Waals surface area contributed by atoms with Crippen molar-refractivity contribution in [3.63, 3.8) is 0 Å². The Bertz CT molecular complexity index is 67.1. The van der Waals surface area contributed by atoms with Crippen LogP contribution in [0, 0.1) is 0 Å². The van der Waals surface area contributed by atoms with E-state index in [1.807, 2.05) is 0 Å². The Morgan fingerprint density at radius 3 is 1.44 bits per heavy atom. The van der Waals surface area contributed by atoms with Crippen LogP contribution in [0.3, 0.4) is 0 Å². The van der Waals surface area contributed by atoms with Crippen LogP contribution in [0.5, 0.6) is 0 Å². The predicted octanol–water partition coefficient (Wildman–Crippen LogP) is 1.38. The molecule has 2 N–H and O–H groups in total. The van der Waals surface area contributed by atoms with Gasteiger partial charge in [-0.2, -0.15) is 13.2 Å². The second kappa shape index (κ2) is 3.60. The minimum absolute atomic E-state index is 0. The lowest BCUT2D eigenvalue weighted by Gasteiger charge is -2.02. The van der Waals surface area contributed by atoms with Crippen LogP contribution < -0.4 is 0 Å². The van der Waals surface area contributed by atoms with Crippen LogP contribution in [-0.4, -0.2) is 18.1 Å². The second-order valence-electron chi connectivity index (χ2n) is 1.21. The highest BCUT2D eigenvalue weighted by Gasteiger charge is 2.31. The molecule has 0 atom stereocenters.